The zero-order valence-electron chi connectivity index (χ0n) is 9.07. The van der Waals surface area contributed by atoms with Crippen molar-refractivity contribution < 1.29 is 4.52 Å². The molecular formula is C10H13Cl2OPS2. The van der Waals surface area contributed by atoms with E-state index in [2.05, 4.69) is 6.92 Å². The molecular weight excluding hydrogens is 302 g/mol. The first-order chi connectivity index (χ1) is 7.44. The molecule has 0 aromatic heterocycles. The van der Waals surface area contributed by atoms with Gasteiger partial charge in [0.05, 0.1) is 5.02 Å². The van der Waals surface area contributed by atoms with Crippen LogP contribution in [0.25, 0.3) is 0 Å². The molecule has 1 aromatic rings. The predicted octanol–water partition coefficient (Wildman–Crippen LogP) is 5.45. The van der Waals surface area contributed by atoms with E-state index in [1.165, 1.54) is 0 Å². The molecule has 1 aromatic carbocycles. The van der Waals surface area contributed by atoms with E-state index in [9.17, 15) is 0 Å². The van der Waals surface area contributed by atoms with E-state index < -0.39 is 5.47 Å². The molecule has 0 aliphatic heterocycles. The van der Waals surface area contributed by atoms with Crippen molar-refractivity contribution in [2.45, 2.75) is 13.3 Å². The van der Waals surface area contributed by atoms with Gasteiger partial charge in [-0.3, -0.25) is 0 Å². The maximum atomic E-state index is 6.02. The maximum Gasteiger partial charge on any atom is 0.164 e. The number of hydrogen-bond acceptors (Lipinski definition) is 3. The van der Waals surface area contributed by atoms with Crippen LogP contribution < -0.4 is 4.52 Å². The molecule has 0 spiro atoms. The standard InChI is InChI=1S/C10H13Cl2OPS2/c1-3-6-16-14(2,15)13-10-5-4-8(11)7-9(10)12/h4-5,7H,3,6H2,1-2H3. The minimum atomic E-state index is -1.85. The van der Waals surface area contributed by atoms with Crippen molar-refractivity contribution in [1.82, 2.24) is 0 Å². The van der Waals surface area contributed by atoms with Gasteiger partial charge in [-0.25, -0.2) is 0 Å². The average Bonchev–Trinajstić information content (AvgIpc) is 2.19. The second-order valence-electron chi connectivity index (χ2n) is 3.27. The molecule has 0 N–H and O–H groups in total. The van der Waals surface area contributed by atoms with Crippen LogP contribution in [0.3, 0.4) is 0 Å². The molecule has 0 saturated carbocycles. The Morgan fingerprint density at radius 2 is 2.12 bits per heavy atom. The van der Waals surface area contributed by atoms with E-state index in [1.54, 1.807) is 29.6 Å². The highest BCUT2D eigenvalue weighted by atomic mass is 35.5. The lowest BCUT2D eigenvalue weighted by Gasteiger charge is -2.18. The van der Waals surface area contributed by atoms with Crippen molar-refractivity contribution in [1.29, 1.82) is 0 Å². The number of benzene rings is 1. The molecule has 0 heterocycles. The lowest BCUT2D eigenvalue weighted by molar-refractivity contribution is 0.630. The Morgan fingerprint density at radius 3 is 2.69 bits per heavy atom. The Kier molecular flexibility index (Phi) is 5.97. The van der Waals surface area contributed by atoms with Crippen LogP contribution in [0.4, 0.5) is 0 Å². The molecule has 16 heavy (non-hydrogen) atoms. The largest absolute Gasteiger partial charge is 0.456 e. The highest BCUT2D eigenvalue weighted by molar-refractivity contribution is 8.69. The normalized spacial score (nSPS) is 14.5. The summed E-state index contributed by atoms with van der Waals surface area (Å²) in [5.74, 6) is 1.64. The predicted molar refractivity (Wildman–Crippen MR) is 80.0 cm³/mol. The van der Waals surface area contributed by atoms with E-state index in [0.717, 1.165) is 12.2 Å². The van der Waals surface area contributed by atoms with E-state index in [0.29, 0.717) is 15.8 Å². The smallest absolute Gasteiger partial charge is 0.164 e. The first-order valence-electron chi connectivity index (χ1n) is 4.81. The van der Waals surface area contributed by atoms with Gasteiger partial charge in [0, 0.05) is 17.4 Å². The van der Waals surface area contributed by atoms with Crippen molar-refractivity contribution in [2.24, 2.45) is 0 Å². The molecule has 0 fully saturated rings. The Morgan fingerprint density at radius 1 is 1.44 bits per heavy atom. The Hall–Kier alpha value is 0.600. The summed E-state index contributed by atoms with van der Waals surface area (Å²) < 4.78 is 5.79. The van der Waals surface area contributed by atoms with E-state index in [1.807, 2.05) is 6.66 Å². The fraction of sp³-hybridized carbons (Fsp3) is 0.400. The van der Waals surface area contributed by atoms with Crippen LogP contribution >= 0.6 is 40.1 Å². The van der Waals surface area contributed by atoms with Gasteiger partial charge in [-0.15, -0.1) is 0 Å². The maximum absolute atomic E-state index is 6.02. The van der Waals surface area contributed by atoms with Gasteiger partial charge in [-0.2, -0.15) is 0 Å². The van der Waals surface area contributed by atoms with Gasteiger partial charge < -0.3 is 4.52 Å². The minimum absolute atomic E-state index is 0.515. The molecule has 0 aliphatic rings. The van der Waals surface area contributed by atoms with Crippen LogP contribution in [0, 0.1) is 0 Å². The molecule has 6 heteroatoms. The quantitative estimate of drug-likeness (QED) is 0.668. The summed E-state index contributed by atoms with van der Waals surface area (Å²) in [5.41, 5.74) is -1.85. The average molecular weight is 315 g/mol. The lowest BCUT2D eigenvalue weighted by atomic mass is 10.3. The molecule has 1 atom stereocenters. The molecule has 90 valence electrons. The minimum Gasteiger partial charge on any atom is -0.456 e. The molecule has 0 saturated heterocycles. The molecule has 0 radical (unpaired) electrons. The zero-order valence-corrected chi connectivity index (χ0v) is 13.1. The van der Waals surface area contributed by atoms with Crippen LogP contribution in [-0.4, -0.2) is 12.4 Å². The molecule has 1 nitrogen and oxygen atoms in total. The highest BCUT2D eigenvalue weighted by Gasteiger charge is 2.14. The summed E-state index contributed by atoms with van der Waals surface area (Å²) in [5, 5.41) is 1.11. The third kappa shape index (κ3) is 4.85. The topological polar surface area (TPSA) is 9.23 Å². The summed E-state index contributed by atoms with van der Waals surface area (Å²) >= 11 is 19.0. The molecule has 1 unspecified atom stereocenters. The Bertz CT molecular complexity index is 412. The SMILES string of the molecule is CCCSP(C)(=S)Oc1ccc(Cl)cc1Cl. The van der Waals surface area contributed by atoms with Gasteiger partial charge in [0.25, 0.3) is 0 Å². The van der Waals surface area contributed by atoms with Crippen molar-refractivity contribution in [2.75, 3.05) is 12.4 Å². The van der Waals surface area contributed by atoms with Crippen LogP contribution in [-0.2, 0) is 11.8 Å². The zero-order chi connectivity index (χ0) is 12.2. The van der Waals surface area contributed by atoms with Gasteiger partial charge in [-0.1, -0.05) is 41.5 Å². The van der Waals surface area contributed by atoms with E-state index in [4.69, 9.17) is 39.5 Å². The van der Waals surface area contributed by atoms with Crippen LogP contribution in [0.1, 0.15) is 13.3 Å². The van der Waals surface area contributed by atoms with Crippen molar-refractivity contribution >= 4 is 51.9 Å². The first-order valence-corrected chi connectivity index (χ1v) is 10.3. The molecule has 0 amide bonds. The third-order valence-corrected chi connectivity index (χ3v) is 7.16. The third-order valence-electron chi connectivity index (χ3n) is 1.69. The van der Waals surface area contributed by atoms with Gasteiger partial charge >= 0.3 is 0 Å². The Labute approximate surface area is 116 Å². The van der Waals surface area contributed by atoms with Crippen LogP contribution in [0.15, 0.2) is 18.2 Å². The van der Waals surface area contributed by atoms with Crippen LogP contribution in [0.5, 0.6) is 5.75 Å². The van der Waals surface area contributed by atoms with Gasteiger partial charge in [0.15, 0.2) is 5.47 Å². The summed E-state index contributed by atoms with van der Waals surface area (Å²) in [6.07, 6.45) is 1.09. The van der Waals surface area contributed by atoms with Crippen molar-refractivity contribution in [3.63, 3.8) is 0 Å². The Balaban J connectivity index is 2.76. The second-order valence-corrected chi connectivity index (χ2v) is 12.2. The summed E-state index contributed by atoms with van der Waals surface area (Å²) in [6.45, 7) is 4.09. The molecule has 1 rings (SSSR count). The highest BCUT2D eigenvalue weighted by Crippen LogP contribution is 2.57. The monoisotopic (exact) mass is 314 g/mol. The molecule has 0 bridgehead atoms. The number of halogens is 2. The number of rotatable bonds is 5. The lowest BCUT2D eigenvalue weighted by Crippen LogP contribution is -1.89. The fourth-order valence-electron chi connectivity index (χ4n) is 1.01. The first kappa shape index (κ1) is 14.7. The van der Waals surface area contributed by atoms with Gasteiger partial charge in [-0.05, 0) is 36.4 Å². The van der Waals surface area contributed by atoms with E-state index in [-0.39, 0.29) is 0 Å². The fourth-order valence-corrected chi connectivity index (χ4v) is 5.45. The van der Waals surface area contributed by atoms with Gasteiger partial charge in [0.2, 0.25) is 0 Å². The summed E-state index contributed by atoms with van der Waals surface area (Å²) in [6, 6.07) is 5.18. The summed E-state index contributed by atoms with van der Waals surface area (Å²) in [4.78, 5) is 0. The summed E-state index contributed by atoms with van der Waals surface area (Å²) in [7, 11) is 0. The van der Waals surface area contributed by atoms with Crippen LogP contribution in [0.2, 0.25) is 10.0 Å². The second kappa shape index (κ2) is 6.51. The van der Waals surface area contributed by atoms with Gasteiger partial charge in [0.1, 0.15) is 5.75 Å². The van der Waals surface area contributed by atoms with Crippen molar-refractivity contribution in [3.05, 3.63) is 28.2 Å². The molecule has 0 aliphatic carbocycles. The number of hydrogen-bond donors (Lipinski definition) is 0. The van der Waals surface area contributed by atoms with Crippen molar-refractivity contribution in [3.8, 4) is 5.75 Å². The van der Waals surface area contributed by atoms with E-state index >= 15 is 0 Å².